The summed E-state index contributed by atoms with van der Waals surface area (Å²) in [6, 6.07) is 10.5. The Bertz CT molecular complexity index is 903. The fourth-order valence-electron chi connectivity index (χ4n) is 5.31. The number of hydrogen-bond donors (Lipinski definition) is 2. The molecule has 2 aromatic rings. The van der Waals surface area contributed by atoms with E-state index in [2.05, 4.69) is 72.9 Å². The highest BCUT2D eigenvalue weighted by atomic mass is 16.3. The van der Waals surface area contributed by atoms with Gasteiger partial charge in [0.1, 0.15) is 5.60 Å². The third-order valence-electron chi connectivity index (χ3n) is 7.06. The Hall–Kier alpha value is -1.95. The number of anilines is 1. The van der Waals surface area contributed by atoms with E-state index in [9.17, 15) is 10.2 Å². The number of pyridine rings is 1. The van der Waals surface area contributed by atoms with Gasteiger partial charge in [-0.15, -0.1) is 0 Å². The average molecular weight is 410 g/mol. The number of nitrogens with zero attached hydrogens (tertiary/aromatic N) is 3. The van der Waals surface area contributed by atoms with Crippen LogP contribution in [0.3, 0.4) is 0 Å². The van der Waals surface area contributed by atoms with Crippen LogP contribution in [0.4, 0.5) is 5.69 Å². The van der Waals surface area contributed by atoms with Crippen LogP contribution >= 0.6 is 0 Å². The van der Waals surface area contributed by atoms with Gasteiger partial charge in [0, 0.05) is 43.4 Å². The largest absolute Gasteiger partial charge is 0.388 e. The van der Waals surface area contributed by atoms with Crippen molar-refractivity contribution in [2.45, 2.75) is 51.2 Å². The van der Waals surface area contributed by atoms with Crippen LogP contribution < -0.4 is 4.90 Å². The minimum atomic E-state index is -1.14. The second-order valence-electron chi connectivity index (χ2n) is 10.3. The molecule has 0 unspecified atom stereocenters. The van der Waals surface area contributed by atoms with E-state index in [4.69, 9.17) is 0 Å². The second-order valence-corrected chi connectivity index (χ2v) is 10.3. The molecule has 0 saturated carbocycles. The molecule has 0 amide bonds. The smallest absolute Gasteiger partial charge is 0.124 e. The van der Waals surface area contributed by atoms with E-state index in [-0.39, 0.29) is 5.41 Å². The number of benzene rings is 1. The lowest BCUT2D eigenvalue weighted by Crippen LogP contribution is -2.63. The Morgan fingerprint density at radius 1 is 1.03 bits per heavy atom. The van der Waals surface area contributed by atoms with Crippen LogP contribution in [0.1, 0.15) is 56.7 Å². The van der Waals surface area contributed by atoms with E-state index in [0.717, 1.165) is 42.9 Å². The molecular weight excluding hydrogens is 374 g/mol. The van der Waals surface area contributed by atoms with Crippen molar-refractivity contribution in [3.05, 3.63) is 59.4 Å². The first kappa shape index (κ1) is 21.3. The zero-order valence-electron chi connectivity index (χ0n) is 18.9. The predicted molar refractivity (Wildman–Crippen MR) is 121 cm³/mol. The highest BCUT2D eigenvalue weighted by molar-refractivity contribution is 5.52. The summed E-state index contributed by atoms with van der Waals surface area (Å²) in [5.74, 6) is 0.450. The first-order valence-electron chi connectivity index (χ1n) is 11.0. The summed E-state index contributed by atoms with van der Waals surface area (Å²) < 4.78 is 0. The zero-order valence-corrected chi connectivity index (χ0v) is 18.9. The summed E-state index contributed by atoms with van der Waals surface area (Å²) in [5, 5.41) is 22.7. The third kappa shape index (κ3) is 3.53. The van der Waals surface area contributed by atoms with Crippen molar-refractivity contribution in [3.63, 3.8) is 0 Å². The first-order valence-corrected chi connectivity index (χ1v) is 11.0. The molecule has 2 aliphatic rings. The van der Waals surface area contributed by atoms with Crippen molar-refractivity contribution in [2.75, 3.05) is 38.1 Å². The molecular formula is C25H35N3O2. The summed E-state index contributed by atoms with van der Waals surface area (Å²) in [6.45, 7) is 11.4. The number of likely N-dealkylation sites (tertiary alicyclic amines) is 1. The van der Waals surface area contributed by atoms with E-state index in [1.54, 1.807) is 6.20 Å². The molecule has 1 aromatic carbocycles. The second kappa shape index (κ2) is 7.33. The molecule has 4 rings (SSSR count). The topological polar surface area (TPSA) is 59.8 Å². The number of rotatable bonds is 5. The van der Waals surface area contributed by atoms with Gasteiger partial charge in [-0.3, -0.25) is 4.98 Å². The number of β-amino-alcohol motifs (C(OH)–C–C–N with tert-alkyl or cyclic N) is 1. The highest BCUT2D eigenvalue weighted by Gasteiger charge is 2.55. The van der Waals surface area contributed by atoms with Crippen LogP contribution in [0.15, 0.2) is 42.7 Å². The number of aliphatic hydroxyl groups is 2. The van der Waals surface area contributed by atoms with Gasteiger partial charge in [-0.1, -0.05) is 45.0 Å². The molecule has 2 N–H and O–H groups in total. The van der Waals surface area contributed by atoms with Crippen LogP contribution in [-0.2, 0) is 5.60 Å². The van der Waals surface area contributed by atoms with Gasteiger partial charge in [-0.2, -0.15) is 0 Å². The third-order valence-corrected chi connectivity index (χ3v) is 7.06. The number of hydrogen-bond acceptors (Lipinski definition) is 5. The van der Waals surface area contributed by atoms with Gasteiger partial charge in [0.05, 0.1) is 17.5 Å². The lowest BCUT2D eigenvalue weighted by Gasteiger charge is -2.56. The van der Waals surface area contributed by atoms with Gasteiger partial charge >= 0.3 is 0 Å². The molecule has 2 aliphatic heterocycles. The summed E-state index contributed by atoms with van der Waals surface area (Å²) in [7, 11) is 2.09. The van der Waals surface area contributed by atoms with E-state index in [1.807, 2.05) is 13.1 Å². The fraction of sp³-hybridized carbons (Fsp3) is 0.560. The van der Waals surface area contributed by atoms with E-state index < -0.39 is 11.2 Å². The molecule has 0 spiro atoms. The van der Waals surface area contributed by atoms with E-state index >= 15 is 0 Å². The van der Waals surface area contributed by atoms with Crippen LogP contribution in [0.5, 0.6) is 0 Å². The minimum absolute atomic E-state index is 0.308. The van der Waals surface area contributed by atoms with Gasteiger partial charge in [0.25, 0.3) is 0 Å². The lowest BCUT2D eigenvalue weighted by molar-refractivity contribution is -0.127. The normalized spacial score (nSPS) is 25.9. The van der Waals surface area contributed by atoms with Crippen LogP contribution in [-0.4, -0.2) is 58.9 Å². The molecule has 2 atom stereocenters. The summed E-state index contributed by atoms with van der Waals surface area (Å²) in [6.07, 6.45) is 4.38. The zero-order chi connectivity index (χ0) is 21.7. The van der Waals surface area contributed by atoms with Crippen molar-refractivity contribution in [1.82, 2.24) is 9.88 Å². The van der Waals surface area contributed by atoms with Gasteiger partial charge in [0.15, 0.2) is 0 Å². The van der Waals surface area contributed by atoms with Crippen LogP contribution in [0.25, 0.3) is 0 Å². The Morgan fingerprint density at radius 3 is 2.23 bits per heavy atom. The van der Waals surface area contributed by atoms with Crippen molar-refractivity contribution < 1.29 is 10.2 Å². The molecule has 162 valence electrons. The molecule has 0 bridgehead atoms. The summed E-state index contributed by atoms with van der Waals surface area (Å²) in [4.78, 5) is 8.91. The average Bonchev–Trinajstić information content (AvgIpc) is 3.06. The van der Waals surface area contributed by atoms with Gasteiger partial charge < -0.3 is 20.0 Å². The Labute approximate surface area is 180 Å². The first-order chi connectivity index (χ1) is 14.0. The molecule has 2 saturated heterocycles. The van der Waals surface area contributed by atoms with Gasteiger partial charge in [0.2, 0.25) is 0 Å². The molecule has 5 heteroatoms. The van der Waals surface area contributed by atoms with Gasteiger partial charge in [-0.25, -0.2) is 0 Å². The van der Waals surface area contributed by atoms with Crippen molar-refractivity contribution >= 4 is 5.69 Å². The van der Waals surface area contributed by atoms with Gasteiger partial charge in [-0.05, 0) is 43.5 Å². The van der Waals surface area contributed by atoms with Crippen molar-refractivity contribution in [1.29, 1.82) is 0 Å². The lowest BCUT2D eigenvalue weighted by atomic mass is 9.62. The minimum Gasteiger partial charge on any atom is -0.388 e. The maximum atomic E-state index is 12.3. The predicted octanol–water partition coefficient (Wildman–Crippen LogP) is 3.35. The van der Waals surface area contributed by atoms with E-state index in [1.165, 1.54) is 5.56 Å². The molecule has 30 heavy (non-hydrogen) atoms. The number of aromatic nitrogens is 1. The van der Waals surface area contributed by atoms with Crippen LogP contribution in [0.2, 0.25) is 0 Å². The molecule has 3 heterocycles. The maximum absolute atomic E-state index is 12.3. The molecule has 1 aromatic heterocycles. The Balaban J connectivity index is 1.77. The molecule has 2 fully saturated rings. The van der Waals surface area contributed by atoms with Crippen molar-refractivity contribution in [2.24, 2.45) is 5.41 Å². The monoisotopic (exact) mass is 409 g/mol. The maximum Gasteiger partial charge on any atom is 0.124 e. The summed E-state index contributed by atoms with van der Waals surface area (Å²) in [5.41, 5.74) is 1.83. The SMILES string of the molecule is CC(C)c1ccc([C@](O)(c2cncc(N3CC[C@](C)(O)C3)c2)C2(C)CN(C)C2)cc1. The molecule has 0 radical (unpaired) electrons. The van der Waals surface area contributed by atoms with E-state index in [0.29, 0.717) is 12.5 Å². The Morgan fingerprint density at radius 2 is 1.70 bits per heavy atom. The molecule has 0 aliphatic carbocycles. The highest BCUT2D eigenvalue weighted by Crippen LogP contribution is 2.50. The summed E-state index contributed by atoms with van der Waals surface area (Å²) >= 11 is 0. The van der Waals surface area contributed by atoms with Crippen molar-refractivity contribution in [3.8, 4) is 0 Å². The Kier molecular flexibility index (Phi) is 5.20. The van der Waals surface area contributed by atoms with Crippen LogP contribution in [0, 0.1) is 5.41 Å². The molecule has 5 nitrogen and oxygen atoms in total. The quantitative estimate of drug-likeness (QED) is 0.793. The fourth-order valence-corrected chi connectivity index (χ4v) is 5.31. The standard InChI is InChI=1S/C25H35N3O2/c1-18(2)19-6-8-20(9-7-19)25(30,23(3)15-27(5)16-23)21-12-22(14-26-13-21)28-11-10-24(4,29)17-28/h6-9,12-14,18,29-30H,10-11,15-17H2,1-5H3/t24-,25-/m0/s1.